The highest BCUT2D eigenvalue weighted by molar-refractivity contribution is 7.89. The van der Waals surface area contributed by atoms with Crippen LogP contribution in [0.5, 0.6) is 0 Å². The van der Waals surface area contributed by atoms with E-state index in [1.54, 1.807) is 12.1 Å². The zero-order chi connectivity index (χ0) is 21.6. The number of hydrogen-bond acceptors (Lipinski definition) is 4. The van der Waals surface area contributed by atoms with E-state index in [4.69, 9.17) is 0 Å². The molecule has 1 aromatic carbocycles. The van der Waals surface area contributed by atoms with Gasteiger partial charge in [0.15, 0.2) is 0 Å². The second-order valence-corrected chi connectivity index (χ2v) is 9.23. The average Bonchev–Trinajstić information content (AvgIpc) is 3.04. The van der Waals surface area contributed by atoms with Crippen molar-refractivity contribution in [3.8, 4) is 0 Å². The summed E-state index contributed by atoms with van der Waals surface area (Å²) in [5, 5.41) is 2.98. The second kappa shape index (κ2) is 10.2. The standard InChI is InChI=1S/C21H34N4O3S/c1-6-14-25-19-11-10-17(29(27,28)24(8-3)9-4)15-18(19)23-20(25)12-13-21(26)22-16(5)7-2/h10-11,15-16H,6-9,12-14H2,1-5H3,(H,22,26)/t16-/m1/s1. The van der Waals surface area contributed by atoms with Crippen LogP contribution in [0, 0.1) is 0 Å². The molecule has 162 valence electrons. The van der Waals surface area contributed by atoms with Crippen molar-refractivity contribution in [3.63, 3.8) is 0 Å². The van der Waals surface area contributed by atoms with Gasteiger partial charge in [0.2, 0.25) is 15.9 Å². The van der Waals surface area contributed by atoms with Crippen LogP contribution < -0.4 is 5.32 Å². The van der Waals surface area contributed by atoms with E-state index in [0.717, 1.165) is 30.7 Å². The number of nitrogens with zero attached hydrogens (tertiary/aromatic N) is 3. The maximum atomic E-state index is 12.8. The van der Waals surface area contributed by atoms with E-state index in [2.05, 4.69) is 21.8 Å². The Morgan fingerprint density at radius 3 is 2.48 bits per heavy atom. The van der Waals surface area contributed by atoms with Crippen LogP contribution in [0.15, 0.2) is 23.1 Å². The normalized spacial score (nSPS) is 13.2. The predicted molar refractivity (Wildman–Crippen MR) is 116 cm³/mol. The third-order valence-electron chi connectivity index (χ3n) is 5.18. The minimum atomic E-state index is -3.53. The number of fused-ring (bicyclic) bond motifs is 1. The van der Waals surface area contributed by atoms with Gasteiger partial charge in [0.1, 0.15) is 5.82 Å². The molecule has 7 nitrogen and oxygen atoms in total. The number of carbonyl (C=O) groups excluding carboxylic acids is 1. The van der Waals surface area contributed by atoms with E-state index in [9.17, 15) is 13.2 Å². The van der Waals surface area contributed by atoms with Crippen LogP contribution in [0.1, 0.15) is 59.7 Å². The molecule has 0 fully saturated rings. The minimum absolute atomic E-state index is 0.0132. The molecule has 1 aromatic heterocycles. The molecule has 0 unspecified atom stereocenters. The van der Waals surface area contributed by atoms with Gasteiger partial charge in [-0.15, -0.1) is 0 Å². The number of hydrogen-bond donors (Lipinski definition) is 1. The smallest absolute Gasteiger partial charge is 0.243 e. The molecule has 1 atom stereocenters. The average molecular weight is 423 g/mol. The van der Waals surface area contributed by atoms with Crippen LogP contribution >= 0.6 is 0 Å². The number of aryl methyl sites for hydroxylation is 2. The molecule has 0 aliphatic rings. The molecule has 0 radical (unpaired) electrons. The molecule has 0 saturated heterocycles. The van der Waals surface area contributed by atoms with Gasteiger partial charge < -0.3 is 9.88 Å². The highest BCUT2D eigenvalue weighted by atomic mass is 32.2. The summed E-state index contributed by atoms with van der Waals surface area (Å²) in [7, 11) is -3.53. The Balaban J connectivity index is 2.35. The van der Waals surface area contributed by atoms with E-state index in [-0.39, 0.29) is 16.8 Å². The van der Waals surface area contributed by atoms with Crippen LogP contribution in [-0.2, 0) is 27.8 Å². The van der Waals surface area contributed by atoms with Gasteiger partial charge in [-0.1, -0.05) is 27.7 Å². The van der Waals surface area contributed by atoms with Crippen molar-refractivity contribution in [2.24, 2.45) is 0 Å². The number of carbonyl (C=O) groups is 1. The van der Waals surface area contributed by atoms with Crippen LogP contribution in [0.2, 0.25) is 0 Å². The van der Waals surface area contributed by atoms with Crippen molar-refractivity contribution in [2.75, 3.05) is 13.1 Å². The molecular formula is C21H34N4O3S. The van der Waals surface area contributed by atoms with E-state index < -0.39 is 10.0 Å². The van der Waals surface area contributed by atoms with Crippen LogP contribution in [0.25, 0.3) is 11.0 Å². The van der Waals surface area contributed by atoms with Crippen molar-refractivity contribution in [2.45, 2.75) is 77.8 Å². The Morgan fingerprint density at radius 2 is 1.90 bits per heavy atom. The minimum Gasteiger partial charge on any atom is -0.354 e. The van der Waals surface area contributed by atoms with Crippen molar-refractivity contribution in [3.05, 3.63) is 24.0 Å². The highest BCUT2D eigenvalue weighted by Crippen LogP contribution is 2.24. The van der Waals surface area contributed by atoms with Gasteiger partial charge in [0.25, 0.3) is 0 Å². The Hall–Kier alpha value is -1.93. The van der Waals surface area contributed by atoms with Gasteiger partial charge in [-0.3, -0.25) is 4.79 Å². The van der Waals surface area contributed by atoms with Gasteiger partial charge in [0.05, 0.1) is 15.9 Å². The maximum Gasteiger partial charge on any atom is 0.243 e. The van der Waals surface area contributed by atoms with Crippen molar-refractivity contribution < 1.29 is 13.2 Å². The number of imidazole rings is 1. The molecule has 29 heavy (non-hydrogen) atoms. The first-order valence-electron chi connectivity index (χ1n) is 10.6. The fourth-order valence-corrected chi connectivity index (χ4v) is 4.85. The van der Waals surface area contributed by atoms with Gasteiger partial charge in [-0.2, -0.15) is 4.31 Å². The first kappa shape index (κ1) is 23.3. The van der Waals surface area contributed by atoms with E-state index in [0.29, 0.717) is 31.4 Å². The van der Waals surface area contributed by atoms with Crippen molar-refractivity contribution >= 4 is 27.0 Å². The number of aromatic nitrogens is 2. The van der Waals surface area contributed by atoms with E-state index in [1.165, 1.54) is 4.31 Å². The third kappa shape index (κ3) is 5.36. The zero-order valence-electron chi connectivity index (χ0n) is 18.2. The number of nitrogens with one attached hydrogen (secondary N) is 1. The first-order chi connectivity index (χ1) is 13.8. The Bertz CT molecular complexity index is 933. The van der Waals surface area contributed by atoms with Gasteiger partial charge >= 0.3 is 0 Å². The predicted octanol–water partition coefficient (Wildman–Crippen LogP) is 3.32. The Labute approximate surface area is 174 Å². The summed E-state index contributed by atoms with van der Waals surface area (Å²) < 4.78 is 29.2. The SMILES string of the molecule is CCCn1c(CCC(=O)N[C@H](C)CC)nc2cc(S(=O)(=O)N(CC)CC)ccc21. The summed E-state index contributed by atoms with van der Waals surface area (Å²) in [5.74, 6) is 0.831. The highest BCUT2D eigenvalue weighted by Gasteiger charge is 2.23. The lowest BCUT2D eigenvalue weighted by atomic mass is 10.2. The fraction of sp³-hybridized carbons (Fsp3) is 0.619. The van der Waals surface area contributed by atoms with Gasteiger partial charge in [-0.25, -0.2) is 13.4 Å². The van der Waals surface area contributed by atoms with Crippen LogP contribution in [0.4, 0.5) is 0 Å². The lowest BCUT2D eigenvalue weighted by Gasteiger charge is -2.18. The number of benzene rings is 1. The quantitative estimate of drug-likeness (QED) is 0.602. The summed E-state index contributed by atoms with van der Waals surface area (Å²) in [6.07, 6.45) is 2.71. The molecule has 0 bridgehead atoms. The van der Waals surface area contributed by atoms with Crippen molar-refractivity contribution in [1.82, 2.24) is 19.2 Å². The zero-order valence-corrected chi connectivity index (χ0v) is 19.1. The molecule has 0 spiro atoms. The molecule has 0 saturated carbocycles. The Morgan fingerprint density at radius 1 is 1.21 bits per heavy atom. The molecule has 2 rings (SSSR count). The fourth-order valence-electron chi connectivity index (χ4n) is 3.37. The molecule has 0 aliphatic carbocycles. The second-order valence-electron chi connectivity index (χ2n) is 7.30. The first-order valence-corrected chi connectivity index (χ1v) is 12.0. The molecule has 0 aliphatic heterocycles. The largest absolute Gasteiger partial charge is 0.354 e. The van der Waals surface area contributed by atoms with Gasteiger partial charge in [0, 0.05) is 38.5 Å². The summed E-state index contributed by atoms with van der Waals surface area (Å²) >= 11 is 0. The number of amides is 1. The number of sulfonamides is 1. The molecule has 8 heteroatoms. The molecule has 1 amide bonds. The lowest BCUT2D eigenvalue weighted by Crippen LogP contribution is -2.32. The lowest BCUT2D eigenvalue weighted by molar-refractivity contribution is -0.121. The van der Waals surface area contributed by atoms with Crippen LogP contribution in [-0.4, -0.2) is 47.3 Å². The summed E-state index contributed by atoms with van der Waals surface area (Å²) in [4.78, 5) is 17.1. The topological polar surface area (TPSA) is 84.3 Å². The van der Waals surface area contributed by atoms with E-state index in [1.807, 2.05) is 33.8 Å². The molecule has 1 heterocycles. The van der Waals surface area contributed by atoms with E-state index >= 15 is 0 Å². The summed E-state index contributed by atoms with van der Waals surface area (Å²) in [6.45, 7) is 11.4. The molecular weight excluding hydrogens is 388 g/mol. The van der Waals surface area contributed by atoms with Gasteiger partial charge in [-0.05, 0) is 38.0 Å². The monoisotopic (exact) mass is 422 g/mol. The van der Waals surface area contributed by atoms with Crippen LogP contribution in [0.3, 0.4) is 0 Å². The maximum absolute atomic E-state index is 12.8. The van der Waals surface area contributed by atoms with Crippen molar-refractivity contribution in [1.29, 1.82) is 0 Å². The Kier molecular flexibility index (Phi) is 8.22. The summed E-state index contributed by atoms with van der Waals surface area (Å²) in [5.41, 5.74) is 1.56. The summed E-state index contributed by atoms with van der Waals surface area (Å²) in [6, 6.07) is 5.29. The number of rotatable bonds is 11. The molecule has 2 aromatic rings. The molecule has 1 N–H and O–H groups in total. The third-order valence-corrected chi connectivity index (χ3v) is 7.23.